The van der Waals surface area contributed by atoms with Gasteiger partial charge in [0.05, 0.1) is 17.1 Å². The van der Waals surface area contributed by atoms with Crippen LogP contribution in [0.25, 0.3) is 0 Å². The van der Waals surface area contributed by atoms with Gasteiger partial charge in [-0.05, 0) is 43.3 Å². The molecule has 0 spiro atoms. The molecule has 0 saturated carbocycles. The van der Waals surface area contributed by atoms with Gasteiger partial charge in [-0.15, -0.1) is 0 Å². The number of hydrogen-bond acceptors (Lipinski definition) is 4. The molecule has 5 N–H and O–H groups in total. The van der Waals surface area contributed by atoms with E-state index in [-0.39, 0.29) is 6.10 Å². The summed E-state index contributed by atoms with van der Waals surface area (Å²) in [5.74, 6) is 1.89. The van der Waals surface area contributed by atoms with Gasteiger partial charge >= 0.3 is 0 Å². The lowest BCUT2D eigenvalue weighted by Crippen LogP contribution is -2.04. The lowest BCUT2D eigenvalue weighted by molar-refractivity contribution is 0.215. The maximum atomic E-state index is 6.00. The SMILES string of the molecule is CC(Oc1ccccc1Oc1ccc(N)c(N)c1)c1ccc[nH]1. The highest BCUT2D eigenvalue weighted by Gasteiger charge is 2.12. The molecule has 118 valence electrons. The predicted octanol–water partition coefficient (Wildman–Crippen LogP) is 4.11. The number of anilines is 2. The van der Waals surface area contributed by atoms with Crippen molar-refractivity contribution in [2.45, 2.75) is 13.0 Å². The number of H-pyrrole nitrogens is 1. The zero-order chi connectivity index (χ0) is 16.2. The number of ether oxygens (including phenoxy) is 2. The van der Waals surface area contributed by atoms with Gasteiger partial charge in [-0.1, -0.05) is 12.1 Å². The molecule has 1 heterocycles. The van der Waals surface area contributed by atoms with Crippen molar-refractivity contribution in [2.24, 2.45) is 0 Å². The van der Waals surface area contributed by atoms with Gasteiger partial charge in [0.15, 0.2) is 11.5 Å². The minimum atomic E-state index is -0.119. The Balaban J connectivity index is 1.81. The second-order valence-electron chi connectivity index (χ2n) is 5.23. The Morgan fingerprint density at radius 1 is 0.913 bits per heavy atom. The predicted molar refractivity (Wildman–Crippen MR) is 91.6 cm³/mol. The van der Waals surface area contributed by atoms with Crippen molar-refractivity contribution in [3.63, 3.8) is 0 Å². The van der Waals surface area contributed by atoms with E-state index in [1.807, 2.05) is 49.5 Å². The number of para-hydroxylation sites is 2. The summed E-state index contributed by atoms with van der Waals surface area (Å²) in [7, 11) is 0. The molecule has 0 radical (unpaired) electrons. The Labute approximate surface area is 134 Å². The van der Waals surface area contributed by atoms with Crippen molar-refractivity contribution in [1.82, 2.24) is 4.98 Å². The highest BCUT2D eigenvalue weighted by atomic mass is 16.5. The van der Waals surface area contributed by atoms with Crippen LogP contribution >= 0.6 is 0 Å². The third kappa shape index (κ3) is 3.40. The van der Waals surface area contributed by atoms with Crippen molar-refractivity contribution < 1.29 is 9.47 Å². The van der Waals surface area contributed by atoms with E-state index in [9.17, 15) is 0 Å². The van der Waals surface area contributed by atoms with Gasteiger partial charge in [-0.3, -0.25) is 0 Å². The van der Waals surface area contributed by atoms with Gasteiger partial charge in [-0.2, -0.15) is 0 Å². The molecule has 1 aromatic heterocycles. The van der Waals surface area contributed by atoms with Crippen LogP contribution in [-0.2, 0) is 0 Å². The number of rotatable bonds is 5. The van der Waals surface area contributed by atoms with Crippen molar-refractivity contribution in [3.05, 3.63) is 66.5 Å². The van der Waals surface area contributed by atoms with Gasteiger partial charge in [0.1, 0.15) is 11.9 Å². The van der Waals surface area contributed by atoms with Crippen molar-refractivity contribution in [3.8, 4) is 17.2 Å². The number of hydrogen-bond donors (Lipinski definition) is 3. The molecule has 5 nitrogen and oxygen atoms in total. The fourth-order valence-electron chi connectivity index (χ4n) is 2.23. The van der Waals surface area contributed by atoms with E-state index in [0.717, 1.165) is 5.69 Å². The van der Waals surface area contributed by atoms with E-state index < -0.39 is 0 Å². The van der Waals surface area contributed by atoms with Crippen LogP contribution in [0.4, 0.5) is 11.4 Å². The fourth-order valence-corrected chi connectivity index (χ4v) is 2.23. The summed E-state index contributed by atoms with van der Waals surface area (Å²) in [5.41, 5.74) is 13.6. The largest absolute Gasteiger partial charge is 0.481 e. The Kier molecular flexibility index (Phi) is 4.10. The molecule has 3 rings (SSSR count). The maximum Gasteiger partial charge on any atom is 0.169 e. The first kappa shape index (κ1) is 14.8. The van der Waals surface area contributed by atoms with E-state index in [0.29, 0.717) is 28.6 Å². The topological polar surface area (TPSA) is 86.3 Å². The van der Waals surface area contributed by atoms with E-state index in [1.165, 1.54) is 0 Å². The lowest BCUT2D eigenvalue weighted by atomic mass is 10.2. The standard InChI is InChI=1S/C18H19N3O2/c1-12(16-5-4-10-21-16)22-17-6-2-3-7-18(17)23-13-8-9-14(19)15(20)11-13/h2-12,21H,19-20H2,1H3. The van der Waals surface area contributed by atoms with Gasteiger partial charge in [0.25, 0.3) is 0 Å². The van der Waals surface area contributed by atoms with Crippen LogP contribution in [0.5, 0.6) is 17.2 Å². The molecule has 1 unspecified atom stereocenters. The molecular formula is C18H19N3O2. The fraction of sp³-hybridized carbons (Fsp3) is 0.111. The van der Waals surface area contributed by atoms with Crippen molar-refractivity contribution >= 4 is 11.4 Å². The third-order valence-electron chi connectivity index (χ3n) is 3.50. The Morgan fingerprint density at radius 3 is 2.39 bits per heavy atom. The molecule has 23 heavy (non-hydrogen) atoms. The van der Waals surface area contributed by atoms with Crippen LogP contribution in [-0.4, -0.2) is 4.98 Å². The highest BCUT2D eigenvalue weighted by Crippen LogP contribution is 2.35. The van der Waals surface area contributed by atoms with Gasteiger partial charge in [-0.25, -0.2) is 0 Å². The van der Waals surface area contributed by atoms with Crippen LogP contribution in [0.3, 0.4) is 0 Å². The smallest absolute Gasteiger partial charge is 0.169 e. The molecule has 2 aromatic carbocycles. The minimum absolute atomic E-state index is 0.119. The number of nitrogens with two attached hydrogens (primary N) is 2. The van der Waals surface area contributed by atoms with Crippen LogP contribution in [0.1, 0.15) is 18.7 Å². The second-order valence-corrected chi connectivity index (χ2v) is 5.23. The molecule has 0 aliphatic heterocycles. The van der Waals surface area contributed by atoms with Crippen LogP contribution < -0.4 is 20.9 Å². The van der Waals surface area contributed by atoms with E-state index in [1.54, 1.807) is 18.2 Å². The van der Waals surface area contributed by atoms with Crippen LogP contribution in [0, 0.1) is 0 Å². The first-order valence-electron chi connectivity index (χ1n) is 7.35. The van der Waals surface area contributed by atoms with Gasteiger partial charge in [0.2, 0.25) is 0 Å². The molecule has 0 saturated heterocycles. The zero-order valence-electron chi connectivity index (χ0n) is 12.8. The molecule has 3 aromatic rings. The molecule has 0 aliphatic rings. The molecule has 0 amide bonds. The summed E-state index contributed by atoms with van der Waals surface area (Å²) in [4.78, 5) is 3.14. The van der Waals surface area contributed by atoms with Crippen LogP contribution in [0.15, 0.2) is 60.8 Å². The zero-order valence-corrected chi connectivity index (χ0v) is 12.8. The summed E-state index contributed by atoms with van der Waals surface area (Å²) in [6.07, 6.45) is 1.75. The van der Waals surface area contributed by atoms with Crippen LogP contribution in [0.2, 0.25) is 0 Å². The maximum absolute atomic E-state index is 6.00. The highest BCUT2D eigenvalue weighted by molar-refractivity contribution is 5.65. The number of aromatic nitrogens is 1. The first-order valence-corrected chi connectivity index (χ1v) is 7.35. The number of benzene rings is 2. The molecular weight excluding hydrogens is 290 g/mol. The summed E-state index contributed by atoms with van der Waals surface area (Å²) in [5, 5.41) is 0. The Hall–Kier alpha value is -3.08. The van der Waals surface area contributed by atoms with E-state index in [2.05, 4.69) is 4.98 Å². The molecule has 1 atom stereocenters. The Morgan fingerprint density at radius 2 is 1.70 bits per heavy atom. The summed E-state index contributed by atoms with van der Waals surface area (Å²) in [6, 6.07) is 16.6. The van der Waals surface area contributed by atoms with E-state index in [4.69, 9.17) is 20.9 Å². The summed E-state index contributed by atoms with van der Waals surface area (Å²) < 4.78 is 11.9. The normalized spacial score (nSPS) is 11.9. The number of nitrogen functional groups attached to an aromatic ring is 2. The minimum Gasteiger partial charge on any atom is -0.481 e. The molecule has 0 aliphatic carbocycles. The summed E-state index contributed by atoms with van der Waals surface area (Å²) in [6.45, 7) is 1.98. The summed E-state index contributed by atoms with van der Waals surface area (Å²) >= 11 is 0. The monoisotopic (exact) mass is 309 g/mol. The number of aromatic amines is 1. The van der Waals surface area contributed by atoms with Gasteiger partial charge < -0.3 is 25.9 Å². The first-order chi connectivity index (χ1) is 11.1. The Bertz CT molecular complexity index is 785. The molecule has 5 heteroatoms. The average molecular weight is 309 g/mol. The lowest BCUT2D eigenvalue weighted by Gasteiger charge is -2.17. The van der Waals surface area contributed by atoms with Crippen molar-refractivity contribution in [2.75, 3.05) is 11.5 Å². The number of nitrogens with one attached hydrogen (secondary N) is 1. The quantitative estimate of drug-likeness (QED) is 0.619. The third-order valence-corrected chi connectivity index (χ3v) is 3.50. The average Bonchev–Trinajstić information content (AvgIpc) is 3.07. The molecule has 0 fully saturated rings. The van der Waals surface area contributed by atoms with E-state index >= 15 is 0 Å². The second kappa shape index (κ2) is 6.36. The van der Waals surface area contributed by atoms with Crippen molar-refractivity contribution in [1.29, 1.82) is 0 Å². The molecule has 0 bridgehead atoms. The van der Waals surface area contributed by atoms with Gasteiger partial charge in [0, 0.05) is 12.3 Å².